The zero-order valence-corrected chi connectivity index (χ0v) is 9.58. The molecule has 0 spiro atoms. The van der Waals surface area contributed by atoms with E-state index in [4.69, 9.17) is 9.84 Å². The normalized spacial score (nSPS) is 34.4. The molecule has 0 saturated carbocycles. The van der Waals surface area contributed by atoms with E-state index >= 15 is 0 Å². The van der Waals surface area contributed by atoms with Crippen molar-refractivity contribution < 1.29 is 30.1 Å². The summed E-state index contributed by atoms with van der Waals surface area (Å²) in [5.74, 6) is 0. The number of hydrogen-bond donors (Lipinski definition) is 4. The first-order valence-electron chi connectivity index (χ1n) is 5.37. The quantitative estimate of drug-likeness (QED) is 0.374. The number of ether oxygens (including phenoxy) is 1. The smallest absolute Gasteiger partial charge is 0.287 e. The van der Waals surface area contributed by atoms with Crippen molar-refractivity contribution in [3.8, 4) is 0 Å². The third-order valence-electron chi connectivity index (χ3n) is 3.03. The van der Waals surface area contributed by atoms with Crippen molar-refractivity contribution in [3.63, 3.8) is 0 Å². The fourth-order valence-electron chi connectivity index (χ4n) is 1.93. The summed E-state index contributed by atoms with van der Waals surface area (Å²) >= 11 is 0. The van der Waals surface area contributed by atoms with Gasteiger partial charge in [-0.25, -0.2) is 0 Å². The van der Waals surface area contributed by atoms with Crippen molar-refractivity contribution >= 4 is 5.69 Å². The van der Waals surface area contributed by atoms with Gasteiger partial charge in [0.25, 0.3) is 5.69 Å². The first kappa shape index (κ1) is 13.8. The highest BCUT2D eigenvalue weighted by molar-refractivity contribution is 5.30. The number of pyridine rings is 1. The predicted octanol–water partition coefficient (Wildman–Crippen LogP) is -1.75. The Morgan fingerprint density at radius 2 is 2.16 bits per heavy atom. The Kier molecular flexibility index (Phi) is 3.47. The fraction of sp³-hybridized carbons (Fsp3) is 0.500. The molecule has 2 heterocycles. The van der Waals surface area contributed by atoms with E-state index in [-0.39, 0.29) is 11.4 Å². The molecule has 0 radical (unpaired) electrons. The van der Waals surface area contributed by atoms with Gasteiger partial charge in [-0.1, -0.05) is 0 Å². The number of nitro groups is 1. The van der Waals surface area contributed by atoms with Gasteiger partial charge < -0.3 is 25.2 Å². The van der Waals surface area contributed by atoms with Crippen LogP contribution in [0.2, 0.25) is 0 Å². The molecule has 104 valence electrons. The van der Waals surface area contributed by atoms with E-state index in [0.29, 0.717) is 0 Å². The molecule has 2 rings (SSSR count). The highest BCUT2D eigenvalue weighted by Gasteiger charge is 2.56. The molecule has 1 aliphatic rings. The maximum absolute atomic E-state index is 10.5. The Labute approximate surface area is 106 Å². The number of rotatable bonds is 3. The zero-order valence-electron chi connectivity index (χ0n) is 9.58. The van der Waals surface area contributed by atoms with Crippen LogP contribution in [0.1, 0.15) is 5.69 Å². The van der Waals surface area contributed by atoms with Crippen LogP contribution in [-0.2, 0) is 10.3 Å². The predicted molar refractivity (Wildman–Crippen MR) is 58.8 cm³/mol. The van der Waals surface area contributed by atoms with Gasteiger partial charge in [-0.3, -0.25) is 15.1 Å². The summed E-state index contributed by atoms with van der Waals surface area (Å²) in [6, 6.07) is 2.18. The fourth-order valence-corrected chi connectivity index (χ4v) is 1.93. The standard InChI is InChI=1S/C10H12N2O7/c13-4-6-8(14)10(16,9(15)19-6)7-2-1-5(3-11-7)12(17)18/h1-3,6,8-9,13-16H,4H2/t6-,8-,9?,10-/m1/s1. The maximum Gasteiger partial charge on any atom is 0.287 e. The lowest BCUT2D eigenvalue weighted by Crippen LogP contribution is -2.46. The third-order valence-corrected chi connectivity index (χ3v) is 3.03. The molecule has 4 atom stereocenters. The van der Waals surface area contributed by atoms with Crippen molar-refractivity contribution in [2.24, 2.45) is 0 Å². The van der Waals surface area contributed by atoms with Crippen LogP contribution in [0.25, 0.3) is 0 Å². The second-order valence-corrected chi connectivity index (χ2v) is 4.14. The Hall–Kier alpha value is -1.65. The van der Waals surface area contributed by atoms with Crippen LogP contribution in [0.5, 0.6) is 0 Å². The van der Waals surface area contributed by atoms with E-state index in [2.05, 4.69) is 4.98 Å². The molecular weight excluding hydrogens is 260 g/mol. The lowest BCUT2D eigenvalue weighted by Gasteiger charge is -2.27. The average molecular weight is 272 g/mol. The van der Waals surface area contributed by atoms with Crippen molar-refractivity contribution in [3.05, 3.63) is 34.1 Å². The molecule has 19 heavy (non-hydrogen) atoms. The van der Waals surface area contributed by atoms with Crippen LogP contribution in [0.4, 0.5) is 5.69 Å². The molecule has 0 amide bonds. The number of aliphatic hydroxyl groups excluding tert-OH is 3. The minimum absolute atomic E-state index is 0.186. The van der Waals surface area contributed by atoms with Crippen LogP contribution in [-0.4, -0.2) is 55.4 Å². The minimum Gasteiger partial charge on any atom is -0.394 e. The molecule has 1 unspecified atom stereocenters. The van der Waals surface area contributed by atoms with Crippen LogP contribution in [0.15, 0.2) is 18.3 Å². The molecule has 1 aliphatic heterocycles. The lowest BCUT2D eigenvalue weighted by molar-refractivity contribution is -0.385. The molecule has 0 aliphatic carbocycles. The van der Waals surface area contributed by atoms with E-state index < -0.39 is 35.6 Å². The number of aliphatic hydroxyl groups is 4. The van der Waals surface area contributed by atoms with E-state index in [1.165, 1.54) is 0 Å². The molecule has 9 nitrogen and oxygen atoms in total. The van der Waals surface area contributed by atoms with Crippen LogP contribution in [0.3, 0.4) is 0 Å². The van der Waals surface area contributed by atoms with E-state index in [1.807, 2.05) is 0 Å². The molecule has 1 aromatic heterocycles. The molecule has 1 fully saturated rings. The van der Waals surface area contributed by atoms with Crippen LogP contribution in [0, 0.1) is 10.1 Å². The Morgan fingerprint density at radius 1 is 1.47 bits per heavy atom. The van der Waals surface area contributed by atoms with Gasteiger partial charge in [-0.2, -0.15) is 0 Å². The van der Waals surface area contributed by atoms with Gasteiger partial charge in [-0.05, 0) is 6.07 Å². The first-order valence-corrected chi connectivity index (χ1v) is 5.37. The van der Waals surface area contributed by atoms with Gasteiger partial charge >= 0.3 is 0 Å². The average Bonchev–Trinajstić information content (AvgIpc) is 2.63. The van der Waals surface area contributed by atoms with Crippen LogP contribution < -0.4 is 0 Å². The highest BCUT2D eigenvalue weighted by atomic mass is 16.7. The largest absolute Gasteiger partial charge is 0.394 e. The van der Waals surface area contributed by atoms with Gasteiger partial charge in [0.1, 0.15) is 18.4 Å². The summed E-state index contributed by atoms with van der Waals surface area (Å²) < 4.78 is 4.80. The van der Waals surface area contributed by atoms with E-state index in [9.17, 15) is 25.4 Å². The number of hydrogen-bond acceptors (Lipinski definition) is 8. The summed E-state index contributed by atoms with van der Waals surface area (Å²) in [4.78, 5) is 13.5. The van der Waals surface area contributed by atoms with Crippen LogP contribution >= 0.6 is 0 Å². The first-order chi connectivity index (χ1) is 8.91. The summed E-state index contributed by atoms with van der Waals surface area (Å²) in [6.07, 6.45) is -3.69. The molecule has 1 saturated heterocycles. The van der Waals surface area contributed by atoms with Crippen molar-refractivity contribution in [1.29, 1.82) is 0 Å². The van der Waals surface area contributed by atoms with Gasteiger partial charge in [0, 0.05) is 6.07 Å². The van der Waals surface area contributed by atoms with Crippen molar-refractivity contribution in [2.45, 2.75) is 24.1 Å². The molecule has 1 aromatic rings. The molecule has 9 heteroatoms. The number of nitrogens with zero attached hydrogens (tertiary/aromatic N) is 2. The second kappa shape index (κ2) is 4.79. The Morgan fingerprint density at radius 3 is 2.58 bits per heavy atom. The summed E-state index contributed by atoms with van der Waals surface area (Å²) in [5.41, 5.74) is -2.73. The summed E-state index contributed by atoms with van der Waals surface area (Å²) in [6.45, 7) is -0.604. The Balaban J connectivity index is 2.36. The lowest BCUT2D eigenvalue weighted by atomic mass is 9.91. The topological polar surface area (TPSA) is 146 Å². The molecule has 0 aromatic carbocycles. The van der Waals surface area contributed by atoms with Gasteiger partial charge in [0.2, 0.25) is 0 Å². The van der Waals surface area contributed by atoms with E-state index in [0.717, 1.165) is 18.3 Å². The third kappa shape index (κ3) is 2.07. The SMILES string of the molecule is O=[N+]([O-])c1ccc([C@]2(O)C(O)O[C@H](CO)[C@H]2O)nc1. The van der Waals surface area contributed by atoms with Gasteiger partial charge in [0.15, 0.2) is 11.9 Å². The molecule has 4 N–H and O–H groups in total. The summed E-state index contributed by atoms with van der Waals surface area (Å²) in [7, 11) is 0. The summed E-state index contributed by atoms with van der Waals surface area (Å²) in [5, 5.41) is 49.2. The highest BCUT2D eigenvalue weighted by Crippen LogP contribution is 2.37. The maximum atomic E-state index is 10.5. The van der Waals surface area contributed by atoms with Gasteiger partial charge in [0.05, 0.1) is 17.2 Å². The number of aromatic nitrogens is 1. The minimum atomic E-state index is -2.25. The molecule has 0 bridgehead atoms. The van der Waals surface area contributed by atoms with E-state index in [1.54, 1.807) is 0 Å². The van der Waals surface area contributed by atoms with Gasteiger partial charge in [-0.15, -0.1) is 0 Å². The van der Waals surface area contributed by atoms with Crippen molar-refractivity contribution in [2.75, 3.05) is 6.61 Å². The Bertz CT molecular complexity index is 479. The molecular formula is C10H12N2O7. The zero-order chi connectivity index (χ0) is 14.2. The van der Waals surface area contributed by atoms with Crippen molar-refractivity contribution in [1.82, 2.24) is 4.98 Å². The monoisotopic (exact) mass is 272 g/mol. The second-order valence-electron chi connectivity index (χ2n) is 4.14.